The molecular formula is C13H12BrNOS. The molecule has 0 saturated carbocycles. The van der Waals surface area contributed by atoms with Crippen LogP contribution in [0.4, 0.5) is 0 Å². The van der Waals surface area contributed by atoms with E-state index in [9.17, 15) is 4.79 Å². The zero-order valence-electron chi connectivity index (χ0n) is 9.87. The van der Waals surface area contributed by atoms with Gasteiger partial charge in [-0.1, -0.05) is 22.0 Å². The number of aryl methyl sites for hydroxylation is 2. The number of nitrogens with zero attached hydrogens (tertiary/aromatic N) is 1. The van der Waals surface area contributed by atoms with Gasteiger partial charge in [-0.15, -0.1) is 11.3 Å². The minimum absolute atomic E-state index is 0.0250. The van der Waals surface area contributed by atoms with Gasteiger partial charge in [0.2, 0.25) is 0 Å². The van der Waals surface area contributed by atoms with Gasteiger partial charge in [0.1, 0.15) is 0 Å². The van der Waals surface area contributed by atoms with Gasteiger partial charge in [0.25, 0.3) is 0 Å². The van der Waals surface area contributed by atoms with Crippen molar-refractivity contribution in [2.24, 2.45) is 0 Å². The second-order valence-corrected chi connectivity index (χ2v) is 6.06. The van der Waals surface area contributed by atoms with E-state index in [1.165, 1.54) is 11.3 Å². The van der Waals surface area contributed by atoms with E-state index in [-0.39, 0.29) is 5.78 Å². The van der Waals surface area contributed by atoms with Crippen LogP contribution < -0.4 is 0 Å². The van der Waals surface area contributed by atoms with Gasteiger partial charge in [0.05, 0.1) is 5.69 Å². The smallest absolute Gasteiger partial charge is 0.188 e. The van der Waals surface area contributed by atoms with Crippen LogP contribution >= 0.6 is 27.3 Å². The molecule has 2 rings (SSSR count). The molecule has 0 unspecified atom stereocenters. The first-order valence-corrected chi connectivity index (χ1v) is 6.85. The van der Waals surface area contributed by atoms with Crippen molar-refractivity contribution in [1.82, 2.24) is 4.98 Å². The zero-order chi connectivity index (χ0) is 12.6. The molecule has 2 nitrogen and oxygen atoms in total. The molecule has 0 radical (unpaired) electrons. The van der Waals surface area contributed by atoms with Crippen molar-refractivity contribution in [3.05, 3.63) is 38.1 Å². The third-order valence-electron chi connectivity index (χ3n) is 2.55. The van der Waals surface area contributed by atoms with Crippen LogP contribution in [0, 0.1) is 13.8 Å². The maximum Gasteiger partial charge on any atom is 0.188 e. The quantitative estimate of drug-likeness (QED) is 0.770. The van der Waals surface area contributed by atoms with Crippen molar-refractivity contribution in [1.29, 1.82) is 0 Å². The summed E-state index contributed by atoms with van der Waals surface area (Å²) in [5.74, 6) is 0.0250. The van der Waals surface area contributed by atoms with Crippen molar-refractivity contribution in [3.8, 4) is 11.3 Å². The number of carbonyl (C=O) groups excluding carboxylic acids is 1. The fourth-order valence-corrected chi connectivity index (χ4v) is 2.83. The fourth-order valence-electron chi connectivity index (χ4n) is 1.65. The average molecular weight is 310 g/mol. The van der Waals surface area contributed by atoms with Crippen LogP contribution in [0.1, 0.15) is 27.2 Å². The molecule has 0 saturated heterocycles. The second kappa shape index (κ2) is 4.70. The van der Waals surface area contributed by atoms with Crippen LogP contribution in [0.2, 0.25) is 0 Å². The Labute approximate surface area is 113 Å². The molecule has 4 heteroatoms. The summed E-state index contributed by atoms with van der Waals surface area (Å²) in [6, 6.07) is 6.10. The van der Waals surface area contributed by atoms with E-state index < -0.39 is 0 Å². The van der Waals surface area contributed by atoms with Gasteiger partial charge in [0, 0.05) is 21.8 Å². The van der Waals surface area contributed by atoms with E-state index in [1.54, 1.807) is 6.92 Å². The number of Topliss-reactive ketones (excluding diaryl/α,β-unsaturated/α-hetero) is 1. The highest BCUT2D eigenvalue weighted by atomic mass is 79.9. The van der Waals surface area contributed by atoms with E-state index in [1.807, 2.05) is 32.0 Å². The number of hydrogen-bond donors (Lipinski definition) is 0. The highest BCUT2D eigenvalue weighted by Crippen LogP contribution is 2.31. The van der Waals surface area contributed by atoms with Gasteiger partial charge >= 0.3 is 0 Å². The van der Waals surface area contributed by atoms with Crippen LogP contribution in [-0.4, -0.2) is 10.8 Å². The largest absolute Gasteiger partial charge is 0.292 e. The van der Waals surface area contributed by atoms with Crippen LogP contribution in [0.15, 0.2) is 22.7 Å². The van der Waals surface area contributed by atoms with Crippen molar-refractivity contribution < 1.29 is 4.79 Å². The molecule has 0 atom stereocenters. The summed E-state index contributed by atoms with van der Waals surface area (Å²) < 4.78 is 1.02. The Morgan fingerprint density at radius 3 is 2.65 bits per heavy atom. The standard InChI is InChI=1S/C13H12BrNOS/c1-7-4-5-10(14)6-11(7)12-9(3)17-13(15-12)8(2)16/h4-6H,1-3H3. The van der Waals surface area contributed by atoms with Gasteiger partial charge in [-0.3, -0.25) is 4.79 Å². The third kappa shape index (κ3) is 2.48. The van der Waals surface area contributed by atoms with Crippen LogP contribution in [0.3, 0.4) is 0 Å². The minimum Gasteiger partial charge on any atom is -0.292 e. The molecule has 0 bridgehead atoms. The number of rotatable bonds is 2. The fraction of sp³-hybridized carbons (Fsp3) is 0.231. The highest BCUT2D eigenvalue weighted by molar-refractivity contribution is 9.10. The topological polar surface area (TPSA) is 30.0 Å². The summed E-state index contributed by atoms with van der Waals surface area (Å²) in [6.07, 6.45) is 0. The molecule has 1 aromatic heterocycles. The first-order chi connectivity index (χ1) is 7.99. The molecule has 0 amide bonds. The molecule has 0 aliphatic rings. The van der Waals surface area contributed by atoms with Gasteiger partial charge < -0.3 is 0 Å². The Balaban J connectivity index is 2.60. The van der Waals surface area contributed by atoms with Gasteiger partial charge in [-0.05, 0) is 31.5 Å². The molecule has 0 aliphatic heterocycles. The summed E-state index contributed by atoms with van der Waals surface area (Å²) in [5, 5.41) is 0.580. The number of aromatic nitrogens is 1. The lowest BCUT2D eigenvalue weighted by Crippen LogP contribution is -1.91. The molecule has 88 valence electrons. The summed E-state index contributed by atoms with van der Waals surface area (Å²) in [5.41, 5.74) is 3.16. The van der Waals surface area contributed by atoms with Crippen LogP contribution in [0.25, 0.3) is 11.3 Å². The number of carbonyl (C=O) groups is 1. The molecule has 1 aromatic carbocycles. The summed E-state index contributed by atoms with van der Waals surface area (Å²) in [4.78, 5) is 16.8. The van der Waals surface area contributed by atoms with Crippen molar-refractivity contribution in [2.75, 3.05) is 0 Å². The predicted molar refractivity (Wildman–Crippen MR) is 74.7 cm³/mol. The van der Waals surface area contributed by atoms with E-state index in [2.05, 4.69) is 20.9 Å². The molecule has 0 aliphatic carbocycles. The normalized spacial score (nSPS) is 10.6. The Bertz CT molecular complexity index is 589. The number of hydrogen-bond acceptors (Lipinski definition) is 3. The van der Waals surface area contributed by atoms with Crippen molar-refractivity contribution >= 4 is 33.0 Å². The molecule has 0 N–H and O–H groups in total. The number of ketones is 1. The number of thiazole rings is 1. The monoisotopic (exact) mass is 309 g/mol. The lowest BCUT2D eigenvalue weighted by molar-refractivity contribution is 0.101. The SMILES string of the molecule is CC(=O)c1nc(-c2cc(Br)ccc2C)c(C)s1. The average Bonchev–Trinajstić information content (AvgIpc) is 2.64. The van der Waals surface area contributed by atoms with Gasteiger partial charge in [-0.25, -0.2) is 4.98 Å². The predicted octanol–water partition coefficient (Wildman–Crippen LogP) is 4.39. The minimum atomic E-state index is 0.0250. The van der Waals surface area contributed by atoms with E-state index in [0.29, 0.717) is 5.01 Å². The Morgan fingerprint density at radius 2 is 2.06 bits per heavy atom. The second-order valence-electron chi connectivity index (χ2n) is 3.94. The molecular weight excluding hydrogens is 298 g/mol. The highest BCUT2D eigenvalue weighted by Gasteiger charge is 2.14. The maximum atomic E-state index is 11.3. The number of halogens is 1. The number of benzene rings is 1. The Morgan fingerprint density at radius 1 is 1.35 bits per heavy atom. The van der Waals surface area contributed by atoms with Crippen molar-refractivity contribution in [3.63, 3.8) is 0 Å². The third-order valence-corrected chi connectivity index (χ3v) is 4.12. The van der Waals surface area contributed by atoms with Crippen LogP contribution in [-0.2, 0) is 0 Å². The lowest BCUT2D eigenvalue weighted by atomic mass is 10.1. The summed E-state index contributed by atoms with van der Waals surface area (Å²) >= 11 is 4.92. The van der Waals surface area contributed by atoms with Gasteiger partial charge in [0.15, 0.2) is 10.8 Å². The Hall–Kier alpha value is -1.00. The van der Waals surface area contributed by atoms with E-state index >= 15 is 0 Å². The zero-order valence-corrected chi connectivity index (χ0v) is 12.3. The lowest BCUT2D eigenvalue weighted by Gasteiger charge is -2.04. The molecule has 17 heavy (non-hydrogen) atoms. The van der Waals surface area contributed by atoms with Crippen LogP contribution in [0.5, 0.6) is 0 Å². The molecule has 0 fully saturated rings. The van der Waals surface area contributed by atoms with Gasteiger partial charge in [-0.2, -0.15) is 0 Å². The first-order valence-electron chi connectivity index (χ1n) is 5.24. The van der Waals surface area contributed by atoms with E-state index in [0.717, 1.165) is 26.2 Å². The maximum absolute atomic E-state index is 11.3. The first kappa shape index (κ1) is 12.5. The molecule has 1 heterocycles. The summed E-state index contributed by atoms with van der Waals surface area (Å²) in [7, 11) is 0. The molecule has 0 spiro atoms. The molecule has 2 aromatic rings. The Kier molecular flexibility index (Phi) is 3.45. The summed E-state index contributed by atoms with van der Waals surface area (Å²) in [6.45, 7) is 5.60. The van der Waals surface area contributed by atoms with E-state index in [4.69, 9.17) is 0 Å². The van der Waals surface area contributed by atoms with Crippen molar-refractivity contribution in [2.45, 2.75) is 20.8 Å².